The van der Waals surface area contributed by atoms with Crippen LogP contribution in [0.2, 0.25) is 0 Å². The zero-order valence-electron chi connectivity index (χ0n) is 7.72. The van der Waals surface area contributed by atoms with Gasteiger partial charge in [-0.3, -0.25) is 0 Å². The molecule has 70 valence electrons. The molecule has 0 bridgehead atoms. The Bertz CT molecular complexity index is 119. The maximum atomic E-state index is 3.71. The zero-order valence-corrected chi connectivity index (χ0v) is 8.54. The molecule has 0 amide bonds. The minimum atomic E-state index is 0.786. The minimum absolute atomic E-state index is 0.786. The van der Waals surface area contributed by atoms with Crippen LogP contribution in [-0.4, -0.2) is 24.1 Å². The first-order valence-electron chi connectivity index (χ1n) is 4.85. The number of thioether (sulfide) groups is 1. The summed E-state index contributed by atoms with van der Waals surface area (Å²) in [5, 5.41) is 3.59. The first-order valence-corrected chi connectivity index (χ1v) is 6.01. The number of rotatable bonds is 5. The lowest BCUT2D eigenvalue weighted by Crippen LogP contribution is -2.34. The number of hydrogen-bond donors (Lipinski definition) is 1. The zero-order chi connectivity index (χ0) is 8.65. The second-order valence-electron chi connectivity index (χ2n) is 3.30. The Labute approximate surface area is 80.0 Å². The van der Waals surface area contributed by atoms with Crippen molar-refractivity contribution in [1.29, 1.82) is 0 Å². The van der Waals surface area contributed by atoms with E-state index in [4.69, 9.17) is 0 Å². The highest BCUT2D eigenvalue weighted by Crippen LogP contribution is 2.16. The van der Waals surface area contributed by atoms with Gasteiger partial charge in [0.25, 0.3) is 0 Å². The van der Waals surface area contributed by atoms with Gasteiger partial charge in [0.15, 0.2) is 0 Å². The molecule has 0 aromatic rings. The highest BCUT2D eigenvalue weighted by Gasteiger charge is 2.11. The molecule has 0 aromatic heterocycles. The highest BCUT2D eigenvalue weighted by molar-refractivity contribution is 7.99. The predicted molar refractivity (Wildman–Crippen MR) is 57.8 cm³/mol. The van der Waals surface area contributed by atoms with Gasteiger partial charge in [0.05, 0.1) is 0 Å². The molecule has 1 atom stereocenters. The van der Waals surface area contributed by atoms with Gasteiger partial charge >= 0.3 is 0 Å². The Morgan fingerprint density at radius 1 is 1.58 bits per heavy atom. The monoisotopic (exact) mass is 185 g/mol. The lowest BCUT2D eigenvalue weighted by molar-refractivity contribution is 0.502. The number of unbranched alkanes of at least 4 members (excludes halogenated alkanes) is 1. The SMILES string of the molecule is C=CCCCNC1CCCSC1. The summed E-state index contributed by atoms with van der Waals surface area (Å²) >= 11 is 2.08. The first-order chi connectivity index (χ1) is 5.93. The lowest BCUT2D eigenvalue weighted by atomic mass is 10.2. The minimum Gasteiger partial charge on any atom is -0.313 e. The Balaban J connectivity index is 1.94. The van der Waals surface area contributed by atoms with Crippen LogP contribution in [0.25, 0.3) is 0 Å². The smallest absolute Gasteiger partial charge is 0.0158 e. The van der Waals surface area contributed by atoms with E-state index in [1.54, 1.807) is 0 Å². The lowest BCUT2D eigenvalue weighted by Gasteiger charge is -2.22. The summed E-state index contributed by atoms with van der Waals surface area (Å²) in [6, 6.07) is 0.786. The summed E-state index contributed by atoms with van der Waals surface area (Å²) in [7, 11) is 0. The molecule has 2 heteroatoms. The standard InChI is InChI=1S/C10H19NS/c1-2-3-4-7-11-10-6-5-8-12-9-10/h2,10-11H,1,3-9H2. The van der Waals surface area contributed by atoms with Crippen LogP contribution in [0.15, 0.2) is 12.7 Å². The molecular weight excluding hydrogens is 166 g/mol. The number of allylic oxidation sites excluding steroid dienone is 1. The molecule has 1 heterocycles. The maximum absolute atomic E-state index is 3.71. The predicted octanol–water partition coefficient (Wildman–Crippen LogP) is 2.44. The van der Waals surface area contributed by atoms with E-state index in [2.05, 4.69) is 23.7 Å². The van der Waals surface area contributed by atoms with E-state index >= 15 is 0 Å². The van der Waals surface area contributed by atoms with Crippen LogP contribution >= 0.6 is 11.8 Å². The highest BCUT2D eigenvalue weighted by atomic mass is 32.2. The van der Waals surface area contributed by atoms with Crippen LogP contribution in [0, 0.1) is 0 Å². The second kappa shape index (κ2) is 6.55. The van der Waals surface area contributed by atoms with E-state index in [0.29, 0.717) is 0 Å². The van der Waals surface area contributed by atoms with Crippen molar-refractivity contribution in [3.8, 4) is 0 Å². The van der Waals surface area contributed by atoms with Gasteiger partial charge in [-0.25, -0.2) is 0 Å². The summed E-state index contributed by atoms with van der Waals surface area (Å²) in [5.41, 5.74) is 0. The van der Waals surface area contributed by atoms with Gasteiger partial charge in [-0.15, -0.1) is 6.58 Å². The van der Waals surface area contributed by atoms with Crippen LogP contribution in [0.1, 0.15) is 25.7 Å². The van der Waals surface area contributed by atoms with Crippen molar-refractivity contribution >= 4 is 11.8 Å². The summed E-state index contributed by atoms with van der Waals surface area (Å²) in [4.78, 5) is 0. The van der Waals surface area contributed by atoms with Crippen LogP contribution in [-0.2, 0) is 0 Å². The molecule has 12 heavy (non-hydrogen) atoms. The molecule has 0 aromatic carbocycles. The van der Waals surface area contributed by atoms with Gasteiger partial charge < -0.3 is 5.32 Å². The topological polar surface area (TPSA) is 12.0 Å². The molecule has 1 rings (SSSR count). The number of nitrogens with one attached hydrogen (secondary N) is 1. The molecular formula is C10H19NS. The molecule has 0 saturated carbocycles. The van der Waals surface area contributed by atoms with Gasteiger partial charge in [-0.1, -0.05) is 6.08 Å². The van der Waals surface area contributed by atoms with E-state index in [0.717, 1.165) is 19.0 Å². The van der Waals surface area contributed by atoms with E-state index < -0.39 is 0 Å². The fraction of sp³-hybridized carbons (Fsp3) is 0.800. The Morgan fingerprint density at radius 3 is 3.17 bits per heavy atom. The molecule has 1 fully saturated rings. The molecule has 1 N–H and O–H groups in total. The third-order valence-electron chi connectivity index (χ3n) is 2.18. The Morgan fingerprint density at radius 2 is 2.50 bits per heavy atom. The fourth-order valence-electron chi connectivity index (χ4n) is 1.45. The van der Waals surface area contributed by atoms with Crippen molar-refractivity contribution in [2.24, 2.45) is 0 Å². The summed E-state index contributed by atoms with van der Waals surface area (Å²) < 4.78 is 0. The van der Waals surface area contributed by atoms with E-state index in [1.807, 2.05) is 6.08 Å². The molecule has 1 aliphatic heterocycles. The van der Waals surface area contributed by atoms with Gasteiger partial charge in [0.2, 0.25) is 0 Å². The Hall–Kier alpha value is 0.0500. The molecule has 0 spiro atoms. The van der Waals surface area contributed by atoms with Crippen molar-refractivity contribution in [3.63, 3.8) is 0 Å². The van der Waals surface area contributed by atoms with Crippen molar-refractivity contribution < 1.29 is 0 Å². The van der Waals surface area contributed by atoms with Crippen LogP contribution < -0.4 is 5.32 Å². The third kappa shape index (κ3) is 4.17. The second-order valence-corrected chi connectivity index (χ2v) is 4.45. The van der Waals surface area contributed by atoms with Crippen molar-refractivity contribution in [2.75, 3.05) is 18.1 Å². The van der Waals surface area contributed by atoms with Gasteiger partial charge in [0, 0.05) is 11.8 Å². The van der Waals surface area contributed by atoms with E-state index in [9.17, 15) is 0 Å². The van der Waals surface area contributed by atoms with E-state index in [1.165, 1.54) is 30.8 Å². The average Bonchev–Trinajstić information content (AvgIpc) is 2.14. The normalized spacial score (nSPS) is 23.8. The summed E-state index contributed by atoms with van der Waals surface area (Å²) in [5.74, 6) is 2.68. The van der Waals surface area contributed by atoms with Crippen LogP contribution in [0.3, 0.4) is 0 Å². The third-order valence-corrected chi connectivity index (χ3v) is 3.39. The quantitative estimate of drug-likeness (QED) is 0.521. The van der Waals surface area contributed by atoms with Crippen molar-refractivity contribution in [1.82, 2.24) is 5.32 Å². The fourth-order valence-corrected chi connectivity index (χ4v) is 2.56. The molecule has 0 aliphatic carbocycles. The average molecular weight is 185 g/mol. The van der Waals surface area contributed by atoms with Crippen LogP contribution in [0.4, 0.5) is 0 Å². The van der Waals surface area contributed by atoms with E-state index in [-0.39, 0.29) is 0 Å². The van der Waals surface area contributed by atoms with Crippen molar-refractivity contribution in [2.45, 2.75) is 31.7 Å². The number of hydrogen-bond acceptors (Lipinski definition) is 2. The largest absolute Gasteiger partial charge is 0.313 e. The molecule has 1 nitrogen and oxygen atoms in total. The van der Waals surface area contributed by atoms with Gasteiger partial charge in [0.1, 0.15) is 0 Å². The van der Waals surface area contributed by atoms with Crippen LogP contribution in [0.5, 0.6) is 0 Å². The van der Waals surface area contributed by atoms with Crippen molar-refractivity contribution in [3.05, 3.63) is 12.7 Å². The molecule has 1 unspecified atom stereocenters. The first kappa shape index (κ1) is 10.1. The molecule has 0 radical (unpaired) electrons. The van der Waals surface area contributed by atoms with Gasteiger partial charge in [-0.05, 0) is 38.0 Å². The summed E-state index contributed by atoms with van der Waals surface area (Å²) in [6.45, 7) is 4.88. The molecule has 1 saturated heterocycles. The summed E-state index contributed by atoms with van der Waals surface area (Å²) in [6.07, 6.45) is 7.15. The maximum Gasteiger partial charge on any atom is 0.0158 e. The Kier molecular flexibility index (Phi) is 5.53. The molecule has 1 aliphatic rings. The van der Waals surface area contributed by atoms with Gasteiger partial charge in [-0.2, -0.15) is 11.8 Å².